The van der Waals surface area contributed by atoms with Gasteiger partial charge in [0, 0.05) is 24.8 Å². The van der Waals surface area contributed by atoms with Crippen molar-refractivity contribution in [3.05, 3.63) is 89.7 Å². The summed E-state index contributed by atoms with van der Waals surface area (Å²) < 4.78 is 2.05. The van der Waals surface area contributed by atoms with E-state index in [1.54, 1.807) is 29.4 Å². The molecule has 0 bridgehead atoms. The minimum absolute atomic E-state index is 0.0330. The molecule has 6 heteroatoms. The smallest absolute Gasteiger partial charge is 0.335 e. The van der Waals surface area contributed by atoms with E-state index in [2.05, 4.69) is 21.7 Å². The van der Waals surface area contributed by atoms with Crippen molar-refractivity contribution in [1.82, 2.24) is 14.5 Å². The van der Waals surface area contributed by atoms with E-state index in [-0.39, 0.29) is 24.1 Å². The van der Waals surface area contributed by atoms with Crippen LogP contribution in [0.4, 0.5) is 0 Å². The average molecular weight is 496 g/mol. The van der Waals surface area contributed by atoms with Crippen molar-refractivity contribution < 1.29 is 14.7 Å². The molecular formula is C31H33N3O3. The second-order valence-corrected chi connectivity index (χ2v) is 10.0. The van der Waals surface area contributed by atoms with Crippen molar-refractivity contribution in [3.63, 3.8) is 0 Å². The Bertz CT molecular complexity index is 1410. The molecule has 190 valence electrons. The van der Waals surface area contributed by atoms with Gasteiger partial charge in [0.2, 0.25) is 5.91 Å². The minimum atomic E-state index is -0.968. The molecule has 2 heterocycles. The lowest BCUT2D eigenvalue weighted by Gasteiger charge is -2.27. The van der Waals surface area contributed by atoms with Crippen molar-refractivity contribution in [2.45, 2.75) is 57.5 Å². The summed E-state index contributed by atoms with van der Waals surface area (Å²) in [4.78, 5) is 31.5. The molecule has 0 radical (unpaired) electrons. The van der Waals surface area contributed by atoms with Crippen LogP contribution in [-0.4, -0.2) is 38.5 Å². The van der Waals surface area contributed by atoms with Crippen LogP contribution in [0.3, 0.4) is 0 Å². The highest BCUT2D eigenvalue weighted by Gasteiger charge is 2.28. The molecule has 1 unspecified atom stereocenters. The topological polar surface area (TPSA) is 75.4 Å². The summed E-state index contributed by atoms with van der Waals surface area (Å²) in [6, 6.07) is 19.3. The minimum Gasteiger partial charge on any atom is -0.478 e. The number of hydrogen-bond acceptors (Lipinski definition) is 3. The number of carbonyl (C=O) groups is 2. The molecule has 1 N–H and O–H groups in total. The lowest BCUT2D eigenvalue weighted by atomic mass is 9.82. The highest BCUT2D eigenvalue weighted by Crippen LogP contribution is 2.44. The van der Waals surface area contributed by atoms with E-state index in [0.29, 0.717) is 5.92 Å². The number of carboxylic acid groups (broad SMARTS) is 1. The third-order valence-corrected chi connectivity index (χ3v) is 7.87. The number of rotatable bonds is 7. The fraction of sp³-hybridized carbons (Fsp3) is 0.323. The predicted molar refractivity (Wildman–Crippen MR) is 146 cm³/mol. The summed E-state index contributed by atoms with van der Waals surface area (Å²) in [5.41, 5.74) is 5.37. The van der Waals surface area contributed by atoms with E-state index in [0.717, 1.165) is 40.6 Å². The highest BCUT2D eigenvalue weighted by molar-refractivity contribution is 5.99. The van der Waals surface area contributed by atoms with Gasteiger partial charge in [0.05, 0.1) is 22.8 Å². The Labute approximate surface area is 217 Å². The van der Waals surface area contributed by atoms with Gasteiger partial charge < -0.3 is 14.6 Å². The van der Waals surface area contributed by atoms with Crippen molar-refractivity contribution in [3.8, 4) is 11.3 Å². The largest absolute Gasteiger partial charge is 0.478 e. The van der Waals surface area contributed by atoms with E-state index >= 15 is 0 Å². The molecule has 0 aliphatic heterocycles. The van der Waals surface area contributed by atoms with E-state index in [1.807, 2.05) is 50.4 Å². The number of amides is 1. The zero-order valence-corrected chi connectivity index (χ0v) is 21.4. The second-order valence-electron chi connectivity index (χ2n) is 10.0. The third kappa shape index (κ3) is 4.88. The number of carbonyl (C=O) groups excluding carboxylic acids is 1. The fourth-order valence-electron chi connectivity index (χ4n) is 5.71. The average Bonchev–Trinajstić information content (AvgIpc) is 3.26. The number of nitrogens with zero attached hydrogens (tertiary/aromatic N) is 3. The zero-order chi connectivity index (χ0) is 25.9. The number of pyridine rings is 1. The molecule has 1 saturated carbocycles. The fourth-order valence-corrected chi connectivity index (χ4v) is 5.71. The molecule has 1 atom stereocenters. The highest BCUT2D eigenvalue weighted by atomic mass is 16.4. The van der Waals surface area contributed by atoms with Crippen LogP contribution in [0.5, 0.6) is 0 Å². The molecule has 2 aromatic heterocycles. The van der Waals surface area contributed by atoms with Gasteiger partial charge in [-0.25, -0.2) is 4.79 Å². The van der Waals surface area contributed by atoms with Crippen molar-refractivity contribution in [2.24, 2.45) is 0 Å². The van der Waals surface area contributed by atoms with E-state index < -0.39 is 5.97 Å². The van der Waals surface area contributed by atoms with Gasteiger partial charge >= 0.3 is 5.97 Å². The summed E-state index contributed by atoms with van der Waals surface area (Å²) in [5.74, 6) is -0.619. The van der Waals surface area contributed by atoms with Crippen LogP contribution in [0.25, 0.3) is 22.2 Å². The van der Waals surface area contributed by atoms with Crippen LogP contribution < -0.4 is 0 Å². The summed E-state index contributed by atoms with van der Waals surface area (Å²) in [5, 5.41) is 10.8. The molecule has 37 heavy (non-hydrogen) atoms. The SMILES string of the molecule is CC(c1ccncc1)N(C)C(=O)Cn1c(-c2ccccc2)c(C2CCCCC2)c2ccc(C(=O)O)cc21. The Hall–Kier alpha value is -3.93. The van der Waals surface area contributed by atoms with Crippen molar-refractivity contribution in [1.29, 1.82) is 0 Å². The Kier molecular flexibility index (Phi) is 7.08. The van der Waals surface area contributed by atoms with Gasteiger partial charge in [-0.2, -0.15) is 0 Å². The first-order chi connectivity index (χ1) is 18.0. The van der Waals surface area contributed by atoms with Crippen LogP contribution in [0.15, 0.2) is 73.1 Å². The van der Waals surface area contributed by atoms with Crippen molar-refractivity contribution in [2.75, 3.05) is 7.05 Å². The van der Waals surface area contributed by atoms with Crippen LogP contribution in [0.1, 0.15) is 72.5 Å². The lowest BCUT2D eigenvalue weighted by Crippen LogP contribution is -2.32. The summed E-state index contributed by atoms with van der Waals surface area (Å²) in [6.07, 6.45) is 9.30. The van der Waals surface area contributed by atoms with Gasteiger partial charge in [-0.15, -0.1) is 0 Å². The quantitative estimate of drug-likeness (QED) is 0.311. The van der Waals surface area contributed by atoms with E-state index in [1.165, 1.54) is 24.8 Å². The number of likely N-dealkylation sites (N-methyl/N-ethyl adjacent to an activating group) is 1. The number of hydrogen-bond donors (Lipinski definition) is 1. The van der Waals surface area contributed by atoms with Gasteiger partial charge in [-0.3, -0.25) is 9.78 Å². The summed E-state index contributed by atoms with van der Waals surface area (Å²) in [6.45, 7) is 2.14. The maximum absolute atomic E-state index is 13.7. The van der Waals surface area contributed by atoms with Crippen LogP contribution in [0, 0.1) is 0 Å². The van der Waals surface area contributed by atoms with Crippen molar-refractivity contribution >= 4 is 22.8 Å². The maximum atomic E-state index is 13.7. The summed E-state index contributed by atoms with van der Waals surface area (Å²) >= 11 is 0. The number of fused-ring (bicyclic) bond motifs is 1. The van der Waals surface area contributed by atoms with Gasteiger partial charge in [-0.1, -0.05) is 55.7 Å². The molecule has 5 rings (SSSR count). The molecule has 1 fully saturated rings. The number of benzene rings is 2. The third-order valence-electron chi connectivity index (χ3n) is 7.87. The molecule has 0 saturated heterocycles. The number of carboxylic acids is 1. The van der Waals surface area contributed by atoms with E-state index in [9.17, 15) is 14.7 Å². The molecule has 1 aliphatic rings. The molecule has 4 aromatic rings. The molecule has 0 spiro atoms. The number of aromatic carboxylic acids is 1. The van der Waals surface area contributed by atoms with Gasteiger partial charge in [0.25, 0.3) is 0 Å². The predicted octanol–water partition coefficient (Wildman–Crippen LogP) is 6.67. The van der Waals surface area contributed by atoms with Crippen LogP contribution >= 0.6 is 0 Å². The Balaban J connectivity index is 1.66. The van der Waals surface area contributed by atoms with Gasteiger partial charge in [0.15, 0.2) is 0 Å². The van der Waals surface area contributed by atoms with Crippen LogP contribution in [0.2, 0.25) is 0 Å². The normalized spacial score (nSPS) is 15.0. The molecule has 1 aliphatic carbocycles. The maximum Gasteiger partial charge on any atom is 0.335 e. The van der Waals surface area contributed by atoms with Crippen LogP contribution in [-0.2, 0) is 11.3 Å². The Morgan fingerprint density at radius 3 is 2.41 bits per heavy atom. The summed E-state index contributed by atoms with van der Waals surface area (Å²) in [7, 11) is 1.83. The first-order valence-corrected chi connectivity index (χ1v) is 13.1. The second kappa shape index (κ2) is 10.6. The first kappa shape index (κ1) is 24.8. The Morgan fingerprint density at radius 1 is 1.03 bits per heavy atom. The molecule has 1 amide bonds. The standard InChI is InChI=1S/C31H33N3O3/c1-21(22-15-17-32-18-16-22)33(2)28(35)20-34-27-19-25(31(36)37)13-14-26(27)29(23-9-5-3-6-10-23)30(34)24-11-7-4-8-12-24/h4,7-8,11-19,21,23H,3,5-6,9-10,20H2,1-2H3,(H,36,37). The monoisotopic (exact) mass is 495 g/mol. The van der Waals surface area contributed by atoms with Gasteiger partial charge in [-0.05, 0) is 66.6 Å². The zero-order valence-electron chi connectivity index (χ0n) is 21.4. The number of aromatic nitrogens is 2. The first-order valence-electron chi connectivity index (χ1n) is 13.1. The van der Waals surface area contributed by atoms with Gasteiger partial charge in [0.1, 0.15) is 6.54 Å². The lowest BCUT2D eigenvalue weighted by molar-refractivity contribution is -0.132. The van der Waals surface area contributed by atoms with E-state index in [4.69, 9.17) is 0 Å². The molecular weight excluding hydrogens is 462 g/mol. The molecule has 6 nitrogen and oxygen atoms in total. The molecule has 2 aromatic carbocycles. The Morgan fingerprint density at radius 2 is 1.73 bits per heavy atom.